The number of nitrogens with zero attached hydrogens (tertiary/aromatic N) is 1. The number of sulfonamides is 1. The molecule has 1 N–H and O–H groups in total. The van der Waals surface area contributed by atoms with Crippen molar-refractivity contribution in [3.05, 3.63) is 89.1 Å². The third-order valence-corrected chi connectivity index (χ3v) is 5.38. The summed E-state index contributed by atoms with van der Waals surface area (Å²) in [5, 5.41) is 0. The summed E-state index contributed by atoms with van der Waals surface area (Å²) in [6.07, 6.45) is -5.05. The lowest BCUT2D eigenvalue weighted by Crippen LogP contribution is -2.16. The van der Waals surface area contributed by atoms with Gasteiger partial charge in [0.25, 0.3) is 10.0 Å². The molecule has 164 valence electrons. The molecule has 0 bridgehead atoms. The second-order valence-electron chi connectivity index (χ2n) is 6.38. The molecule has 0 saturated heterocycles. The fourth-order valence-corrected chi connectivity index (χ4v) is 3.58. The van der Waals surface area contributed by atoms with Crippen LogP contribution in [0, 0.1) is 11.6 Å². The maximum absolute atomic E-state index is 13.4. The van der Waals surface area contributed by atoms with E-state index < -0.39 is 32.5 Å². The lowest BCUT2D eigenvalue weighted by atomic mass is 10.2. The topological polar surface area (TPSA) is 68.3 Å². The molecule has 5 nitrogen and oxygen atoms in total. The van der Waals surface area contributed by atoms with Crippen LogP contribution in [-0.2, 0) is 34.2 Å². The van der Waals surface area contributed by atoms with Crippen LogP contribution in [-0.4, -0.2) is 13.4 Å². The molecule has 1 heterocycles. The zero-order valence-electron chi connectivity index (χ0n) is 15.7. The first kappa shape index (κ1) is 22.6. The highest BCUT2D eigenvalue weighted by Crippen LogP contribution is 2.33. The zero-order chi connectivity index (χ0) is 22.6. The number of hydrogen-bond donors (Lipinski definition) is 1. The summed E-state index contributed by atoms with van der Waals surface area (Å²) in [7, 11) is -4.45. The van der Waals surface area contributed by atoms with Gasteiger partial charge in [-0.3, -0.25) is 4.72 Å². The van der Waals surface area contributed by atoms with Gasteiger partial charge in [-0.1, -0.05) is 18.2 Å². The van der Waals surface area contributed by atoms with Crippen LogP contribution in [0.4, 0.5) is 27.8 Å². The van der Waals surface area contributed by atoms with E-state index in [2.05, 4.69) is 9.71 Å². The van der Waals surface area contributed by atoms with Crippen molar-refractivity contribution in [2.24, 2.45) is 0 Å². The van der Waals surface area contributed by atoms with Crippen molar-refractivity contribution in [1.82, 2.24) is 4.98 Å². The summed E-state index contributed by atoms with van der Waals surface area (Å²) in [6, 6.07) is 11.4. The van der Waals surface area contributed by atoms with Crippen LogP contribution >= 0.6 is 0 Å². The first-order valence-electron chi connectivity index (χ1n) is 8.72. The molecule has 2 aromatic carbocycles. The van der Waals surface area contributed by atoms with Crippen molar-refractivity contribution < 1.29 is 35.1 Å². The van der Waals surface area contributed by atoms with Gasteiger partial charge in [0, 0.05) is 0 Å². The number of alkyl halides is 3. The Morgan fingerprint density at radius 3 is 2.32 bits per heavy atom. The fourth-order valence-electron chi connectivity index (χ4n) is 2.56. The predicted octanol–water partition coefficient (Wildman–Crippen LogP) is 4.90. The van der Waals surface area contributed by atoms with Crippen LogP contribution in [0.15, 0.2) is 65.6 Å². The molecule has 31 heavy (non-hydrogen) atoms. The molecule has 0 saturated carbocycles. The summed E-state index contributed by atoms with van der Waals surface area (Å²) < 4.78 is 97.3. The van der Waals surface area contributed by atoms with Gasteiger partial charge < -0.3 is 4.74 Å². The predicted molar refractivity (Wildman–Crippen MR) is 101 cm³/mol. The van der Waals surface area contributed by atoms with Crippen molar-refractivity contribution in [2.45, 2.75) is 24.3 Å². The number of nitrogens with one attached hydrogen (secondary N) is 1. The average Bonchev–Trinajstić information content (AvgIpc) is 2.69. The third-order valence-electron chi connectivity index (χ3n) is 4.03. The Morgan fingerprint density at radius 2 is 1.65 bits per heavy atom. The van der Waals surface area contributed by atoms with Crippen molar-refractivity contribution in [3.63, 3.8) is 0 Å². The molecule has 0 aliphatic carbocycles. The first-order valence-corrected chi connectivity index (χ1v) is 10.2. The number of pyridine rings is 1. The molecule has 1 aromatic heterocycles. The van der Waals surface area contributed by atoms with Gasteiger partial charge in [0.2, 0.25) is 0 Å². The Morgan fingerprint density at radius 1 is 0.935 bits per heavy atom. The van der Waals surface area contributed by atoms with E-state index in [1.807, 2.05) is 0 Å². The SMILES string of the molecule is O=S(=O)(Nc1cccc(COCc2ccc(F)cc2)n1)c1ccc(F)c(C(F)(F)F)c1. The maximum atomic E-state index is 13.4. The highest BCUT2D eigenvalue weighted by Gasteiger charge is 2.35. The van der Waals surface area contributed by atoms with Gasteiger partial charge in [-0.05, 0) is 48.0 Å². The van der Waals surface area contributed by atoms with Crippen molar-refractivity contribution >= 4 is 15.8 Å². The molecular weight excluding hydrogens is 443 g/mol. The second-order valence-corrected chi connectivity index (χ2v) is 8.06. The van der Waals surface area contributed by atoms with E-state index >= 15 is 0 Å². The molecule has 3 rings (SSSR count). The van der Waals surface area contributed by atoms with Crippen LogP contribution in [0.25, 0.3) is 0 Å². The van der Waals surface area contributed by atoms with Gasteiger partial charge in [-0.25, -0.2) is 22.2 Å². The van der Waals surface area contributed by atoms with Crippen LogP contribution < -0.4 is 4.72 Å². The molecule has 0 amide bonds. The van der Waals surface area contributed by atoms with E-state index in [4.69, 9.17) is 4.74 Å². The molecule has 0 spiro atoms. The van der Waals surface area contributed by atoms with Crippen molar-refractivity contribution in [1.29, 1.82) is 0 Å². The Bertz CT molecular complexity index is 1170. The Hall–Kier alpha value is -3.05. The Labute approximate surface area is 174 Å². The van der Waals surface area contributed by atoms with Gasteiger partial charge >= 0.3 is 6.18 Å². The first-order chi connectivity index (χ1) is 14.5. The number of rotatable bonds is 7. The van der Waals surface area contributed by atoms with E-state index in [0.29, 0.717) is 11.8 Å². The van der Waals surface area contributed by atoms with Crippen LogP contribution in [0.5, 0.6) is 0 Å². The van der Waals surface area contributed by atoms with Gasteiger partial charge in [0.15, 0.2) is 0 Å². The van der Waals surface area contributed by atoms with Gasteiger partial charge in [0.05, 0.1) is 29.4 Å². The molecule has 3 aromatic rings. The molecule has 0 atom stereocenters. The average molecular weight is 458 g/mol. The van der Waals surface area contributed by atoms with Crippen molar-refractivity contribution in [3.8, 4) is 0 Å². The summed E-state index contributed by atoms with van der Waals surface area (Å²) in [5.74, 6) is -2.11. The van der Waals surface area contributed by atoms with Gasteiger partial charge in [0.1, 0.15) is 17.5 Å². The summed E-state index contributed by atoms with van der Waals surface area (Å²) >= 11 is 0. The Balaban J connectivity index is 1.70. The lowest BCUT2D eigenvalue weighted by Gasteiger charge is -2.12. The number of halogens is 5. The van der Waals surface area contributed by atoms with Crippen molar-refractivity contribution in [2.75, 3.05) is 4.72 Å². The monoisotopic (exact) mass is 458 g/mol. The smallest absolute Gasteiger partial charge is 0.370 e. The van der Waals surface area contributed by atoms with E-state index in [1.54, 1.807) is 18.2 Å². The quantitative estimate of drug-likeness (QED) is 0.512. The van der Waals surface area contributed by atoms with Gasteiger partial charge in [-0.2, -0.15) is 13.2 Å². The van der Waals surface area contributed by atoms with E-state index in [1.165, 1.54) is 24.3 Å². The molecule has 0 unspecified atom stereocenters. The number of aromatic nitrogens is 1. The molecular formula is C20H15F5N2O3S. The highest BCUT2D eigenvalue weighted by molar-refractivity contribution is 7.92. The number of hydrogen-bond acceptors (Lipinski definition) is 4. The molecule has 11 heteroatoms. The third kappa shape index (κ3) is 5.98. The van der Waals surface area contributed by atoms with E-state index in [0.717, 1.165) is 11.6 Å². The minimum atomic E-state index is -5.05. The van der Waals surface area contributed by atoms with E-state index in [-0.39, 0.29) is 30.9 Å². The number of benzene rings is 2. The largest absolute Gasteiger partial charge is 0.419 e. The number of anilines is 1. The van der Waals surface area contributed by atoms with Gasteiger partial charge in [-0.15, -0.1) is 0 Å². The maximum Gasteiger partial charge on any atom is 0.419 e. The lowest BCUT2D eigenvalue weighted by molar-refractivity contribution is -0.140. The second kappa shape index (κ2) is 8.98. The summed E-state index contributed by atoms with van der Waals surface area (Å²) in [5.41, 5.74) is -0.626. The minimum Gasteiger partial charge on any atom is -0.370 e. The molecule has 0 aliphatic rings. The van der Waals surface area contributed by atoms with Crippen LogP contribution in [0.2, 0.25) is 0 Å². The molecule has 0 fully saturated rings. The van der Waals surface area contributed by atoms with Crippen LogP contribution in [0.1, 0.15) is 16.8 Å². The fraction of sp³-hybridized carbons (Fsp3) is 0.150. The minimum absolute atomic E-state index is 0.00170. The van der Waals surface area contributed by atoms with E-state index in [9.17, 15) is 30.4 Å². The van der Waals surface area contributed by atoms with Crippen LogP contribution in [0.3, 0.4) is 0 Å². The highest BCUT2D eigenvalue weighted by atomic mass is 32.2. The molecule has 0 radical (unpaired) electrons. The number of ether oxygens (including phenoxy) is 1. The normalized spacial score (nSPS) is 12.0. The standard InChI is InChI=1S/C20H15F5N2O3S/c21-14-6-4-13(5-7-14)11-30-12-15-2-1-3-19(26-15)27-31(28,29)16-8-9-18(22)17(10-16)20(23,24)25/h1-10H,11-12H2,(H,26,27). The zero-order valence-corrected chi connectivity index (χ0v) is 16.5. The summed E-state index contributed by atoms with van der Waals surface area (Å²) in [6.45, 7) is 0.162. The Kier molecular flexibility index (Phi) is 6.56. The molecule has 0 aliphatic heterocycles. The summed E-state index contributed by atoms with van der Waals surface area (Å²) in [4.78, 5) is 3.28.